The second-order valence-electron chi connectivity index (χ2n) is 4.46. The van der Waals surface area contributed by atoms with E-state index in [0.29, 0.717) is 13.2 Å². The Morgan fingerprint density at radius 3 is 2.80 bits per heavy atom. The van der Waals surface area contributed by atoms with Gasteiger partial charge in [-0.1, -0.05) is 0 Å². The lowest BCUT2D eigenvalue weighted by Gasteiger charge is -2.30. The molecule has 0 spiro atoms. The van der Waals surface area contributed by atoms with Gasteiger partial charge in [0.25, 0.3) is 0 Å². The third kappa shape index (κ3) is 1.82. The number of ether oxygens (including phenoxy) is 4. The van der Waals surface area contributed by atoms with E-state index in [1.54, 1.807) is 7.11 Å². The monoisotopic (exact) mass is 212 g/mol. The Kier molecular flexibility index (Phi) is 3.08. The molecule has 2 rings (SSSR count). The lowest BCUT2D eigenvalue weighted by Crippen LogP contribution is -2.46. The molecule has 2 radical (unpaired) electrons. The average Bonchev–Trinajstić information content (AvgIpc) is 2.56. The smallest absolute Gasteiger partial charge is 0.143 e. The Balaban J connectivity index is 2.13. The van der Waals surface area contributed by atoms with Crippen molar-refractivity contribution in [3.63, 3.8) is 0 Å². The number of hydrogen-bond donors (Lipinski definition) is 0. The van der Waals surface area contributed by atoms with Crippen molar-refractivity contribution in [2.75, 3.05) is 20.3 Å². The molecule has 0 N–H and O–H groups in total. The van der Waals surface area contributed by atoms with Crippen LogP contribution in [0.3, 0.4) is 0 Å². The van der Waals surface area contributed by atoms with Gasteiger partial charge < -0.3 is 18.9 Å². The number of rotatable bonds is 4. The molecule has 2 bridgehead atoms. The Hall–Kier alpha value is -0.0951. The molecule has 0 saturated carbocycles. The molecule has 0 aliphatic carbocycles. The van der Waals surface area contributed by atoms with Crippen LogP contribution in [0.15, 0.2) is 0 Å². The molecule has 0 aromatic rings. The van der Waals surface area contributed by atoms with E-state index in [1.807, 2.05) is 13.8 Å². The summed E-state index contributed by atoms with van der Waals surface area (Å²) in [6.45, 7) is 4.93. The number of methoxy groups -OCH3 is 1. The first-order valence-corrected chi connectivity index (χ1v) is 5.28. The summed E-state index contributed by atoms with van der Waals surface area (Å²) in [5.74, 6) is 0. The Bertz CT molecular complexity index is 235. The Morgan fingerprint density at radius 1 is 1.53 bits per heavy atom. The zero-order valence-corrected chi connectivity index (χ0v) is 9.43. The highest BCUT2D eigenvalue weighted by Gasteiger charge is 2.60. The first kappa shape index (κ1) is 11.4. The molecule has 0 amide bonds. The van der Waals surface area contributed by atoms with E-state index in [0.717, 1.165) is 0 Å². The molecule has 2 fully saturated rings. The van der Waals surface area contributed by atoms with Crippen molar-refractivity contribution >= 4 is 7.85 Å². The van der Waals surface area contributed by atoms with Gasteiger partial charge in [0.15, 0.2) is 0 Å². The summed E-state index contributed by atoms with van der Waals surface area (Å²) in [5, 5.41) is 0. The van der Waals surface area contributed by atoms with Gasteiger partial charge >= 0.3 is 0 Å². The van der Waals surface area contributed by atoms with Crippen LogP contribution in [-0.2, 0) is 18.9 Å². The fourth-order valence-corrected chi connectivity index (χ4v) is 2.31. The molecule has 4 atom stereocenters. The molecule has 2 aliphatic heterocycles. The molecule has 4 nitrogen and oxygen atoms in total. The van der Waals surface area contributed by atoms with Crippen molar-refractivity contribution in [1.82, 2.24) is 0 Å². The number of fused-ring (bicyclic) bond motifs is 2. The molecule has 15 heavy (non-hydrogen) atoms. The second kappa shape index (κ2) is 4.05. The highest BCUT2D eigenvalue weighted by Crippen LogP contribution is 2.41. The van der Waals surface area contributed by atoms with Crippen molar-refractivity contribution in [3.8, 4) is 0 Å². The maximum atomic E-state index is 5.82. The molecule has 5 heteroatoms. The minimum absolute atomic E-state index is 0.118. The minimum Gasteiger partial charge on any atom is -0.381 e. The van der Waals surface area contributed by atoms with E-state index in [1.165, 1.54) is 0 Å². The minimum atomic E-state index is -0.511. The molecule has 84 valence electrons. The second-order valence-corrected chi connectivity index (χ2v) is 4.46. The standard InChI is InChI=1S/C10H17BO4/c1-6(2)14-8-7-9(11)15-10(8,4-12-3)5-13-7/h6-9H,4-5H2,1-3H3. The maximum Gasteiger partial charge on any atom is 0.143 e. The van der Waals surface area contributed by atoms with Crippen molar-refractivity contribution in [2.45, 2.75) is 43.8 Å². The summed E-state index contributed by atoms with van der Waals surface area (Å²) in [6, 6.07) is -0.405. The molecule has 2 aliphatic rings. The van der Waals surface area contributed by atoms with E-state index in [9.17, 15) is 0 Å². The molecule has 4 unspecified atom stereocenters. The largest absolute Gasteiger partial charge is 0.381 e. The van der Waals surface area contributed by atoms with Crippen LogP contribution in [0.1, 0.15) is 13.8 Å². The van der Waals surface area contributed by atoms with Crippen LogP contribution in [0, 0.1) is 0 Å². The van der Waals surface area contributed by atoms with Crippen LogP contribution < -0.4 is 0 Å². The van der Waals surface area contributed by atoms with Gasteiger partial charge in [0.05, 0.1) is 19.3 Å². The van der Waals surface area contributed by atoms with E-state index < -0.39 is 11.6 Å². The Morgan fingerprint density at radius 2 is 2.27 bits per heavy atom. The molecule has 2 saturated heterocycles. The first-order chi connectivity index (χ1) is 7.09. The third-order valence-corrected chi connectivity index (χ3v) is 2.84. The Labute approximate surface area is 91.6 Å². The van der Waals surface area contributed by atoms with Crippen LogP contribution in [0.2, 0.25) is 0 Å². The van der Waals surface area contributed by atoms with E-state index in [4.69, 9.17) is 26.8 Å². The SMILES string of the molecule is [B]C1OC2(COC)COC1C2OC(C)C. The van der Waals surface area contributed by atoms with Crippen LogP contribution in [0.25, 0.3) is 0 Å². The van der Waals surface area contributed by atoms with E-state index >= 15 is 0 Å². The molecule has 0 aromatic heterocycles. The quantitative estimate of drug-likeness (QED) is 0.619. The fraction of sp³-hybridized carbons (Fsp3) is 1.00. The first-order valence-electron chi connectivity index (χ1n) is 5.28. The normalized spacial score (nSPS) is 44.1. The highest BCUT2D eigenvalue weighted by molar-refractivity contribution is 6.11. The van der Waals surface area contributed by atoms with Gasteiger partial charge in [-0.2, -0.15) is 0 Å². The zero-order chi connectivity index (χ0) is 11.1. The highest BCUT2D eigenvalue weighted by atomic mass is 16.7. The topological polar surface area (TPSA) is 36.9 Å². The zero-order valence-electron chi connectivity index (χ0n) is 9.43. The van der Waals surface area contributed by atoms with Crippen LogP contribution >= 0.6 is 0 Å². The summed E-state index contributed by atoms with van der Waals surface area (Å²) in [7, 11) is 7.46. The lowest BCUT2D eigenvalue weighted by molar-refractivity contribution is -0.149. The van der Waals surface area contributed by atoms with Crippen molar-refractivity contribution in [2.24, 2.45) is 0 Å². The maximum absolute atomic E-state index is 5.82. The molecular weight excluding hydrogens is 195 g/mol. The van der Waals surface area contributed by atoms with Crippen LogP contribution in [0.5, 0.6) is 0 Å². The average molecular weight is 212 g/mol. The van der Waals surface area contributed by atoms with Gasteiger partial charge in [-0.15, -0.1) is 0 Å². The van der Waals surface area contributed by atoms with Crippen molar-refractivity contribution < 1.29 is 18.9 Å². The summed E-state index contributed by atoms with van der Waals surface area (Å²) in [5.41, 5.74) is -0.511. The predicted molar refractivity (Wildman–Crippen MR) is 55.0 cm³/mol. The van der Waals surface area contributed by atoms with Crippen LogP contribution in [-0.4, -0.2) is 58.1 Å². The van der Waals surface area contributed by atoms with Gasteiger partial charge in [0, 0.05) is 13.1 Å². The molecular formula is C10H17BO4. The van der Waals surface area contributed by atoms with Gasteiger partial charge in [-0.3, -0.25) is 0 Å². The van der Waals surface area contributed by atoms with Crippen molar-refractivity contribution in [3.05, 3.63) is 0 Å². The van der Waals surface area contributed by atoms with E-state index in [2.05, 4.69) is 0 Å². The summed E-state index contributed by atoms with van der Waals surface area (Å²) in [4.78, 5) is 0. The van der Waals surface area contributed by atoms with Crippen LogP contribution in [0.4, 0.5) is 0 Å². The third-order valence-electron chi connectivity index (χ3n) is 2.84. The fourth-order valence-electron chi connectivity index (χ4n) is 2.31. The number of hydrogen-bond acceptors (Lipinski definition) is 4. The molecule has 2 heterocycles. The van der Waals surface area contributed by atoms with Gasteiger partial charge in [0.2, 0.25) is 0 Å². The van der Waals surface area contributed by atoms with Gasteiger partial charge in [0.1, 0.15) is 25.7 Å². The summed E-state index contributed by atoms with van der Waals surface area (Å²) in [6.07, 6.45) is -0.153. The lowest BCUT2D eigenvalue weighted by atomic mass is 9.92. The predicted octanol–water partition coefficient (Wildman–Crippen LogP) is 0.0888. The van der Waals surface area contributed by atoms with Crippen molar-refractivity contribution in [1.29, 1.82) is 0 Å². The van der Waals surface area contributed by atoms with Gasteiger partial charge in [-0.25, -0.2) is 0 Å². The van der Waals surface area contributed by atoms with E-state index in [-0.39, 0.29) is 18.3 Å². The van der Waals surface area contributed by atoms with Gasteiger partial charge in [-0.05, 0) is 13.8 Å². The summed E-state index contributed by atoms with van der Waals surface area (Å²) < 4.78 is 22.3. The summed E-state index contributed by atoms with van der Waals surface area (Å²) >= 11 is 0. The molecule has 0 aromatic carbocycles.